The molecule has 1 N–H and O–H groups in total. The van der Waals surface area contributed by atoms with Gasteiger partial charge >= 0.3 is 0 Å². The number of nitrogens with zero attached hydrogens (tertiary/aromatic N) is 4. The van der Waals surface area contributed by atoms with Crippen LogP contribution in [0, 0.1) is 0 Å². The number of nitrogens with one attached hydrogen (secondary N) is 1. The fraction of sp³-hybridized carbons (Fsp3) is 0.286. The molecule has 9 heteroatoms. The molecule has 4 aromatic rings. The van der Waals surface area contributed by atoms with Crippen molar-refractivity contribution < 1.29 is 4.79 Å². The molecule has 5 rings (SSSR count). The number of amides is 1. The lowest BCUT2D eigenvalue weighted by Gasteiger charge is -2.10. The highest BCUT2D eigenvalue weighted by atomic mass is 32.1. The molecule has 0 saturated carbocycles. The molecular weight excluding hydrogens is 418 g/mol. The van der Waals surface area contributed by atoms with Crippen LogP contribution < -0.4 is 10.9 Å². The average Bonchev–Trinajstić information content (AvgIpc) is 3.38. The molecular formula is C21H19N5O2S2. The molecule has 152 valence electrons. The number of aryl methyl sites for hydroxylation is 3. The van der Waals surface area contributed by atoms with E-state index in [0.29, 0.717) is 11.0 Å². The number of carbonyl (C=O) groups is 1. The summed E-state index contributed by atoms with van der Waals surface area (Å²) < 4.78 is 5.83. The summed E-state index contributed by atoms with van der Waals surface area (Å²) in [5.74, 6) is 0.383. The van der Waals surface area contributed by atoms with Crippen LogP contribution in [0.3, 0.4) is 0 Å². The zero-order valence-electron chi connectivity index (χ0n) is 16.1. The number of benzene rings is 1. The van der Waals surface area contributed by atoms with Crippen LogP contribution >= 0.6 is 22.9 Å². The van der Waals surface area contributed by atoms with Crippen molar-refractivity contribution in [2.45, 2.75) is 38.6 Å². The van der Waals surface area contributed by atoms with Crippen LogP contribution in [0.2, 0.25) is 0 Å². The highest BCUT2D eigenvalue weighted by Gasteiger charge is 2.20. The molecule has 0 radical (unpaired) electrons. The van der Waals surface area contributed by atoms with Gasteiger partial charge in [0, 0.05) is 34.9 Å². The number of hydrogen-bond acceptors (Lipinski definition) is 7. The highest BCUT2D eigenvalue weighted by Crippen LogP contribution is 2.33. The maximum absolute atomic E-state index is 13.0. The maximum Gasteiger partial charge on any atom is 0.262 e. The average molecular weight is 438 g/mol. The van der Waals surface area contributed by atoms with E-state index in [2.05, 4.69) is 19.7 Å². The van der Waals surface area contributed by atoms with Gasteiger partial charge in [-0.15, -0.1) is 11.3 Å². The molecule has 1 aliphatic rings. The van der Waals surface area contributed by atoms with E-state index in [1.165, 1.54) is 16.9 Å². The first-order chi connectivity index (χ1) is 14.7. The number of rotatable bonds is 5. The summed E-state index contributed by atoms with van der Waals surface area (Å²) in [5.41, 5.74) is 2.02. The van der Waals surface area contributed by atoms with Crippen LogP contribution in [-0.2, 0) is 24.2 Å². The van der Waals surface area contributed by atoms with Crippen molar-refractivity contribution in [3.8, 4) is 11.4 Å². The number of fused-ring (bicyclic) bond motifs is 3. The Morgan fingerprint density at radius 2 is 2.00 bits per heavy atom. The predicted molar refractivity (Wildman–Crippen MR) is 119 cm³/mol. The number of carbonyl (C=O) groups excluding carboxylic acids is 1. The van der Waals surface area contributed by atoms with Crippen molar-refractivity contribution in [1.82, 2.24) is 18.9 Å². The summed E-state index contributed by atoms with van der Waals surface area (Å²) in [4.78, 5) is 36.3. The summed E-state index contributed by atoms with van der Waals surface area (Å²) in [5, 5.41) is 3.97. The summed E-state index contributed by atoms with van der Waals surface area (Å²) in [6, 6.07) is 9.61. The summed E-state index contributed by atoms with van der Waals surface area (Å²) in [6.07, 6.45) is 5.98. The first-order valence-corrected chi connectivity index (χ1v) is 11.5. The van der Waals surface area contributed by atoms with Crippen molar-refractivity contribution in [1.29, 1.82) is 0 Å². The summed E-state index contributed by atoms with van der Waals surface area (Å²) in [6.45, 7) is 0.280. The van der Waals surface area contributed by atoms with Crippen LogP contribution in [0.5, 0.6) is 0 Å². The normalized spacial score (nSPS) is 13.3. The lowest BCUT2D eigenvalue weighted by atomic mass is 9.97. The molecule has 0 atom stereocenters. The van der Waals surface area contributed by atoms with Gasteiger partial charge in [0.2, 0.25) is 11.0 Å². The Hall–Kier alpha value is -2.91. The monoisotopic (exact) mass is 437 g/mol. The molecule has 0 saturated heterocycles. The minimum absolute atomic E-state index is 0.0468. The van der Waals surface area contributed by atoms with Crippen LogP contribution in [0.4, 0.5) is 5.13 Å². The van der Waals surface area contributed by atoms with Crippen molar-refractivity contribution in [3.05, 3.63) is 57.5 Å². The van der Waals surface area contributed by atoms with E-state index in [0.717, 1.165) is 46.6 Å². The van der Waals surface area contributed by atoms with Gasteiger partial charge in [0.15, 0.2) is 5.82 Å². The van der Waals surface area contributed by atoms with Gasteiger partial charge < -0.3 is 5.32 Å². The molecule has 0 fully saturated rings. The van der Waals surface area contributed by atoms with Gasteiger partial charge in [-0.2, -0.15) is 9.36 Å². The topological polar surface area (TPSA) is 89.8 Å². The predicted octanol–water partition coefficient (Wildman–Crippen LogP) is 3.88. The molecule has 1 aromatic carbocycles. The van der Waals surface area contributed by atoms with Crippen molar-refractivity contribution in [3.63, 3.8) is 0 Å². The largest absolute Gasteiger partial charge is 0.301 e. The molecule has 1 aliphatic carbocycles. The molecule has 3 aromatic heterocycles. The van der Waals surface area contributed by atoms with E-state index in [1.54, 1.807) is 22.2 Å². The number of hydrogen-bond donors (Lipinski definition) is 1. The van der Waals surface area contributed by atoms with Crippen LogP contribution in [0.15, 0.2) is 41.5 Å². The zero-order chi connectivity index (χ0) is 20.5. The van der Waals surface area contributed by atoms with Gasteiger partial charge in [0.1, 0.15) is 4.83 Å². The minimum atomic E-state index is -0.204. The van der Waals surface area contributed by atoms with Crippen LogP contribution in [0.1, 0.15) is 29.7 Å². The third-order valence-electron chi connectivity index (χ3n) is 5.23. The Morgan fingerprint density at radius 3 is 2.87 bits per heavy atom. The molecule has 3 heterocycles. The fourth-order valence-electron chi connectivity index (χ4n) is 3.72. The van der Waals surface area contributed by atoms with Crippen molar-refractivity contribution in [2.24, 2.45) is 0 Å². The quantitative estimate of drug-likeness (QED) is 0.512. The third kappa shape index (κ3) is 3.66. The molecule has 0 bridgehead atoms. The Bertz CT molecular complexity index is 1280. The van der Waals surface area contributed by atoms with Crippen molar-refractivity contribution >= 4 is 44.1 Å². The van der Waals surface area contributed by atoms with Crippen molar-refractivity contribution in [2.75, 3.05) is 5.32 Å². The van der Waals surface area contributed by atoms with Gasteiger partial charge in [-0.3, -0.25) is 14.2 Å². The standard InChI is InChI=1S/C21H19N5O2S2/c27-16(23-21-24-18(25-30-21)13-6-2-1-3-7-13)10-11-26-12-22-19-17(20(26)28)14-8-4-5-9-15(14)29-19/h1-3,6-7,12H,4-5,8-11H2,(H,23,24,25,27). The summed E-state index contributed by atoms with van der Waals surface area (Å²) >= 11 is 2.78. The second-order valence-electron chi connectivity index (χ2n) is 7.22. The zero-order valence-corrected chi connectivity index (χ0v) is 17.8. The summed E-state index contributed by atoms with van der Waals surface area (Å²) in [7, 11) is 0. The smallest absolute Gasteiger partial charge is 0.262 e. The molecule has 1 amide bonds. The molecule has 0 aliphatic heterocycles. The minimum Gasteiger partial charge on any atom is -0.301 e. The van der Waals surface area contributed by atoms with E-state index < -0.39 is 0 Å². The van der Waals surface area contributed by atoms with Gasteiger partial charge in [-0.1, -0.05) is 30.3 Å². The molecule has 0 spiro atoms. The Kier molecular flexibility index (Phi) is 5.14. The third-order valence-corrected chi connectivity index (χ3v) is 7.06. The van der Waals surface area contributed by atoms with Crippen LogP contribution in [0.25, 0.3) is 21.6 Å². The number of thiophene rings is 1. The number of aromatic nitrogens is 4. The lowest BCUT2D eigenvalue weighted by Crippen LogP contribution is -2.24. The van der Waals surface area contributed by atoms with Gasteiger partial charge in [-0.25, -0.2) is 4.98 Å². The van der Waals surface area contributed by atoms with E-state index in [1.807, 2.05) is 30.3 Å². The van der Waals surface area contributed by atoms with E-state index in [4.69, 9.17) is 0 Å². The first kappa shape index (κ1) is 19.1. The highest BCUT2D eigenvalue weighted by molar-refractivity contribution is 7.18. The first-order valence-electron chi connectivity index (χ1n) is 9.88. The Morgan fingerprint density at radius 1 is 1.17 bits per heavy atom. The van der Waals surface area contributed by atoms with E-state index >= 15 is 0 Å². The second-order valence-corrected chi connectivity index (χ2v) is 9.06. The number of anilines is 1. The SMILES string of the molecule is O=C(CCn1cnc2sc3c(c2c1=O)CCCC3)Nc1nc(-c2ccccc2)ns1. The van der Waals surface area contributed by atoms with Crippen LogP contribution in [-0.4, -0.2) is 24.8 Å². The Balaban J connectivity index is 1.28. The maximum atomic E-state index is 13.0. The molecule has 7 nitrogen and oxygen atoms in total. The molecule has 30 heavy (non-hydrogen) atoms. The Labute approximate surface area is 180 Å². The van der Waals surface area contributed by atoms with Gasteiger partial charge in [0.25, 0.3) is 5.56 Å². The van der Waals surface area contributed by atoms with E-state index in [9.17, 15) is 9.59 Å². The lowest BCUT2D eigenvalue weighted by molar-refractivity contribution is -0.116. The van der Waals surface area contributed by atoms with Gasteiger partial charge in [-0.05, 0) is 31.2 Å². The second kappa shape index (κ2) is 8.08. The van der Waals surface area contributed by atoms with E-state index in [-0.39, 0.29) is 24.4 Å². The molecule has 0 unspecified atom stereocenters. The fourth-order valence-corrected chi connectivity index (χ4v) is 5.55. The van der Waals surface area contributed by atoms with Gasteiger partial charge in [0.05, 0.1) is 11.7 Å².